The van der Waals surface area contributed by atoms with Gasteiger partial charge in [0.1, 0.15) is 5.02 Å². The summed E-state index contributed by atoms with van der Waals surface area (Å²) in [6, 6.07) is 10.4. The van der Waals surface area contributed by atoms with Crippen LogP contribution in [-0.4, -0.2) is 34.0 Å². The minimum Gasteiger partial charge on any atom is -0.284 e. The van der Waals surface area contributed by atoms with Gasteiger partial charge < -0.3 is 0 Å². The van der Waals surface area contributed by atoms with Crippen molar-refractivity contribution < 1.29 is 17.2 Å². The van der Waals surface area contributed by atoms with E-state index in [1.54, 1.807) is 36.5 Å². The summed E-state index contributed by atoms with van der Waals surface area (Å²) in [6.07, 6.45) is 6.17. The molecule has 12 heteroatoms. The number of aryl methyl sites for hydroxylation is 2. The average molecular weight is 560 g/mol. The Bertz CT molecular complexity index is 1720. The van der Waals surface area contributed by atoms with Gasteiger partial charge >= 0.3 is 6.55 Å². The molecule has 198 valence electrons. The number of alkyl halides is 2. The number of pyridine rings is 2. The number of sulfonamides is 1. The van der Waals surface area contributed by atoms with Crippen LogP contribution in [0.1, 0.15) is 47.2 Å². The Morgan fingerprint density at radius 1 is 1.13 bits per heavy atom. The molecule has 38 heavy (non-hydrogen) atoms. The number of aromatic nitrogens is 4. The van der Waals surface area contributed by atoms with Gasteiger partial charge in [0, 0.05) is 29.3 Å². The zero-order valence-electron chi connectivity index (χ0n) is 20.7. The number of benzene rings is 1. The van der Waals surface area contributed by atoms with Gasteiger partial charge in [-0.05, 0) is 73.1 Å². The highest BCUT2D eigenvalue weighted by molar-refractivity contribution is 7.92. The van der Waals surface area contributed by atoms with E-state index in [0.717, 1.165) is 11.8 Å². The van der Waals surface area contributed by atoms with Crippen molar-refractivity contribution >= 4 is 27.3 Å². The van der Waals surface area contributed by atoms with E-state index in [9.17, 15) is 22.0 Å². The Morgan fingerprint density at radius 2 is 1.89 bits per heavy atom. The van der Waals surface area contributed by atoms with Crippen LogP contribution < -0.4 is 10.3 Å². The van der Waals surface area contributed by atoms with Gasteiger partial charge in [0.15, 0.2) is 0 Å². The quantitative estimate of drug-likeness (QED) is 0.327. The summed E-state index contributed by atoms with van der Waals surface area (Å²) in [5.41, 5.74) is 4.61. The van der Waals surface area contributed by atoms with E-state index in [1.165, 1.54) is 17.0 Å². The predicted octanol–water partition coefficient (Wildman–Crippen LogP) is 5.40. The maximum Gasteiger partial charge on any atom is 0.333 e. The van der Waals surface area contributed by atoms with Crippen molar-refractivity contribution in [1.82, 2.24) is 19.3 Å². The van der Waals surface area contributed by atoms with Crippen LogP contribution in [0.2, 0.25) is 5.02 Å². The lowest BCUT2D eigenvalue weighted by Crippen LogP contribution is -2.23. The third kappa shape index (κ3) is 5.08. The summed E-state index contributed by atoms with van der Waals surface area (Å²) in [6.45, 7) is 0.936. The molecule has 0 bridgehead atoms. The van der Waals surface area contributed by atoms with Crippen molar-refractivity contribution in [3.63, 3.8) is 0 Å². The number of halogens is 3. The first-order valence-corrected chi connectivity index (χ1v) is 14.0. The molecule has 3 heterocycles. The molecule has 1 aromatic carbocycles. The molecule has 2 atom stereocenters. The number of nitrogens with zero attached hydrogens (tertiary/aromatic N) is 4. The number of hydrogen-bond acceptors (Lipinski definition) is 5. The van der Waals surface area contributed by atoms with Crippen LogP contribution in [0.25, 0.3) is 16.9 Å². The Balaban J connectivity index is 1.50. The number of nitrogens with one attached hydrogen (secondary N) is 1. The maximum atomic E-state index is 13.5. The molecule has 3 aromatic heterocycles. The van der Waals surface area contributed by atoms with Gasteiger partial charge in [0.05, 0.1) is 23.8 Å². The van der Waals surface area contributed by atoms with Crippen LogP contribution in [0.3, 0.4) is 0 Å². The van der Waals surface area contributed by atoms with E-state index >= 15 is 0 Å². The lowest BCUT2D eigenvalue weighted by atomic mass is 10.1. The molecule has 0 unspecified atom stereocenters. The number of rotatable bonds is 7. The molecule has 8 nitrogen and oxygen atoms in total. The number of anilines is 1. The van der Waals surface area contributed by atoms with Crippen LogP contribution in [0.15, 0.2) is 59.8 Å². The van der Waals surface area contributed by atoms with E-state index in [-0.39, 0.29) is 22.4 Å². The van der Waals surface area contributed by atoms with E-state index < -0.39 is 16.6 Å². The van der Waals surface area contributed by atoms with Gasteiger partial charge in [-0.15, -0.1) is 0 Å². The zero-order valence-corrected chi connectivity index (χ0v) is 22.3. The second kappa shape index (κ2) is 9.63. The summed E-state index contributed by atoms with van der Waals surface area (Å²) >= 11 is 6.60. The monoisotopic (exact) mass is 559 g/mol. The lowest BCUT2D eigenvalue weighted by molar-refractivity contribution is 0.0565. The second-order valence-corrected chi connectivity index (χ2v) is 11.6. The van der Waals surface area contributed by atoms with E-state index in [2.05, 4.69) is 14.8 Å². The molecule has 0 aliphatic heterocycles. The van der Waals surface area contributed by atoms with Gasteiger partial charge in [0.2, 0.25) is 10.0 Å². The smallest absolute Gasteiger partial charge is 0.284 e. The van der Waals surface area contributed by atoms with Gasteiger partial charge in [-0.1, -0.05) is 23.7 Å². The molecule has 0 saturated heterocycles. The van der Waals surface area contributed by atoms with Gasteiger partial charge in [-0.25, -0.2) is 13.1 Å². The van der Waals surface area contributed by atoms with E-state index in [0.29, 0.717) is 50.6 Å². The first kappa shape index (κ1) is 26.1. The van der Waals surface area contributed by atoms with Crippen molar-refractivity contribution in [3.05, 3.63) is 92.7 Å². The highest BCUT2D eigenvalue weighted by atomic mass is 35.5. The van der Waals surface area contributed by atoms with Crippen molar-refractivity contribution in [2.45, 2.75) is 38.7 Å². The standard InChI is InChI=1S/C26H24ClF2N5O3S/c1-14-11-30-22(16-5-4-6-18(8-16)32-38(3,36)37)10-23(14)34-15(2)7-21(24(27)25(34)35)20-9-19(20)17-12-31-33(13-17)26(28)29/h4-8,10-13,19-20,26,32H,9H2,1-3H3/t19-,20+/m1/s1. The number of hydrogen-bond donors (Lipinski definition) is 1. The highest BCUT2D eigenvalue weighted by Crippen LogP contribution is 2.55. The first-order chi connectivity index (χ1) is 17.9. The first-order valence-electron chi connectivity index (χ1n) is 11.7. The molecule has 1 saturated carbocycles. The van der Waals surface area contributed by atoms with Crippen LogP contribution >= 0.6 is 11.6 Å². The molecule has 1 fully saturated rings. The summed E-state index contributed by atoms with van der Waals surface area (Å²) in [5, 5.41) is 3.79. The second-order valence-electron chi connectivity index (χ2n) is 9.49. The third-order valence-electron chi connectivity index (χ3n) is 6.58. The molecular weight excluding hydrogens is 536 g/mol. The van der Waals surface area contributed by atoms with Gasteiger partial charge in [-0.3, -0.25) is 19.1 Å². The maximum absolute atomic E-state index is 13.5. The fourth-order valence-corrected chi connectivity index (χ4v) is 5.56. The Hall–Kier alpha value is -3.57. The van der Waals surface area contributed by atoms with E-state index in [1.807, 2.05) is 19.9 Å². The molecule has 1 aliphatic rings. The van der Waals surface area contributed by atoms with Gasteiger partial charge in [-0.2, -0.15) is 13.9 Å². The SMILES string of the molecule is Cc1cnc(-c2cccc(NS(C)(=O)=O)c2)cc1-n1c(C)cc([C@H]2C[C@@H]2c2cnn(C(F)F)c2)c(Cl)c1=O. The molecule has 0 radical (unpaired) electrons. The predicted molar refractivity (Wildman–Crippen MR) is 142 cm³/mol. The van der Waals surface area contributed by atoms with Crippen LogP contribution in [0.4, 0.5) is 14.5 Å². The van der Waals surface area contributed by atoms with Crippen molar-refractivity contribution in [1.29, 1.82) is 0 Å². The summed E-state index contributed by atoms with van der Waals surface area (Å²) in [4.78, 5) is 18.0. The van der Waals surface area contributed by atoms with E-state index in [4.69, 9.17) is 11.6 Å². The van der Waals surface area contributed by atoms with Crippen molar-refractivity contribution in [2.24, 2.45) is 0 Å². The Kier molecular flexibility index (Phi) is 6.60. The van der Waals surface area contributed by atoms with Crippen molar-refractivity contribution in [2.75, 3.05) is 11.0 Å². The molecular formula is C26H24ClF2N5O3S. The van der Waals surface area contributed by atoms with Gasteiger partial charge in [0.25, 0.3) is 5.56 Å². The van der Waals surface area contributed by atoms with Crippen LogP contribution in [-0.2, 0) is 10.0 Å². The zero-order chi connectivity index (χ0) is 27.4. The topological polar surface area (TPSA) is 98.9 Å². The Labute approximate surface area is 223 Å². The minimum atomic E-state index is -3.45. The fraction of sp³-hybridized carbons (Fsp3) is 0.269. The Morgan fingerprint density at radius 3 is 2.58 bits per heavy atom. The molecule has 1 aliphatic carbocycles. The average Bonchev–Trinajstić information content (AvgIpc) is 3.47. The summed E-state index contributed by atoms with van der Waals surface area (Å²) in [7, 11) is -3.45. The molecule has 1 N–H and O–H groups in total. The highest BCUT2D eigenvalue weighted by Gasteiger charge is 2.42. The van der Waals surface area contributed by atoms with Crippen LogP contribution in [0, 0.1) is 13.8 Å². The molecule has 0 amide bonds. The molecule has 5 rings (SSSR count). The minimum absolute atomic E-state index is 0.0308. The summed E-state index contributed by atoms with van der Waals surface area (Å²) < 4.78 is 53.7. The van der Waals surface area contributed by atoms with Crippen molar-refractivity contribution in [3.8, 4) is 16.9 Å². The largest absolute Gasteiger partial charge is 0.333 e. The third-order valence-corrected chi connectivity index (χ3v) is 7.56. The summed E-state index contributed by atoms with van der Waals surface area (Å²) in [5.74, 6) is -0.0882. The fourth-order valence-electron chi connectivity index (χ4n) is 4.73. The normalized spacial score (nSPS) is 17.1. The molecule has 4 aromatic rings. The lowest BCUT2D eigenvalue weighted by Gasteiger charge is -2.17. The molecule has 0 spiro atoms. The van der Waals surface area contributed by atoms with Crippen LogP contribution in [0.5, 0.6) is 0 Å².